The minimum Gasteiger partial charge on any atom is -0.481 e. The highest BCUT2D eigenvalue weighted by molar-refractivity contribution is 5.70. The maximum absolute atomic E-state index is 10.8. The first-order chi connectivity index (χ1) is 7.04. The summed E-state index contributed by atoms with van der Waals surface area (Å²) in [6.07, 6.45) is 1.62. The number of ether oxygens (including phenoxy) is 1. The van der Waals surface area contributed by atoms with Crippen molar-refractivity contribution in [3.05, 3.63) is 0 Å². The van der Waals surface area contributed by atoms with E-state index in [-0.39, 0.29) is 11.7 Å². The third kappa shape index (κ3) is 3.75. The molecule has 0 atom stereocenters. The standard InChI is InChI=1S/C7H12N2O2.C2H4O2/c10-6-9-5-7(11-6)1-3-8-4-2-7;1-2(3)4/h8H,1-5H2,(H,9,10);1H3,(H,3,4). The fourth-order valence-electron chi connectivity index (χ4n) is 1.66. The smallest absolute Gasteiger partial charge is 0.407 e. The second-order valence-corrected chi connectivity index (χ2v) is 3.70. The first-order valence-electron chi connectivity index (χ1n) is 4.91. The molecule has 6 heteroatoms. The van der Waals surface area contributed by atoms with Gasteiger partial charge >= 0.3 is 6.09 Å². The van der Waals surface area contributed by atoms with E-state index >= 15 is 0 Å². The molecular formula is C9H16N2O4. The highest BCUT2D eigenvalue weighted by Gasteiger charge is 2.40. The average molecular weight is 216 g/mol. The van der Waals surface area contributed by atoms with Gasteiger partial charge in [0, 0.05) is 19.8 Å². The highest BCUT2D eigenvalue weighted by Crippen LogP contribution is 2.25. The summed E-state index contributed by atoms with van der Waals surface area (Å²) < 4.78 is 5.20. The molecule has 2 rings (SSSR count). The number of alkyl carbamates (subject to hydrolysis) is 1. The molecule has 0 aromatic carbocycles. The van der Waals surface area contributed by atoms with Crippen LogP contribution in [0.15, 0.2) is 0 Å². The van der Waals surface area contributed by atoms with Gasteiger partial charge in [-0.2, -0.15) is 0 Å². The number of carboxylic acids is 1. The van der Waals surface area contributed by atoms with E-state index in [4.69, 9.17) is 14.6 Å². The maximum Gasteiger partial charge on any atom is 0.407 e. The van der Waals surface area contributed by atoms with Crippen LogP contribution in [0.3, 0.4) is 0 Å². The van der Waals surface area contributed by atoms with E-state index in [0.29, 0.717) is 6.54 Å². The van der Waals surface area contributed by atoms with E-state index in [2.05, 4.69) is 10.6 Å². The Kier molecular flexibility index (Phi) is 3.90. The molecule has 3 N–H and O–H groups in total. The molecule has 2 heterocycles. The van der Waals surface area contributed by atoms with Crippen LogP contribution in [0.25, 0.3) is 0 Å². The number of carbonyl (C=O) groups excluding carboxylic acids is 1. The highest BCUT2D eigenvalue weighted by atomic mass is 16.6. The van der Waals surface area contributed by atoms with Gasteiger partial charge in [0.2, 0.25) is 0 Å². The number of aliphatic carboxylic acids is 1. The van der Waals surface area contributed by atoms with Crippen LogP contribution in [0.4, 0.5) is 4.79 Å². The zero-order chi connectivity index (χ0) is 11.3. The zero-order valence-electron chi connectivity index (χ0n) is 8.71. The molecule has 0 radical (unpaired) electrons. The Hall–Kier alpha value is -1.30. The fraction of sp³-hybridized carbons (Fsp3) is 0.778. The molecule has 1 spiro atoms. The van der Waals surface area contributed by atoms with E-state index < -0.39 is 5.97 Å². The molecule has 86 valence electrons. The molecule has 2 aliphatic rings. The second-order valence-electron chi connectivity index (χ2n) is 3.70. The Balaban J connectivity index is 0.000000245. The van der Waals surface area contributed by atoms with Crippen molar-refractivity contribution in [2.75, 3.05) is 19.6 Å². The van der Waals surface area contributed by atoms with E-state index in [0.717, 1.165) is 32.9 Å². The predicted octanol–water partition coefficient (Wildman–Crippen LogP) is -0.0607. The lowest BCUT2D eigenvalue weighted by Crippen LogP contribution is -2.44. The quantitative estimate of drug-likeness (QED) is 0.528. The van der Waals surface area contributed by atoms with Gasteiger partial charge in [-0.25, -0.2) is 4.79 Å². The van der Waals surface area contributed by atoms with Crippen LogP contribution >= 0.6 is 0 Å². The number of nitrogens with one attached hydrogen (secondary N) is 2. The molecule has 15 heavy (non-hydrogen) atoms. The van der Waals surface area contributed by atoms with Gasteiger partial charge in [0.1, 0.15) is 5.60 Å². The summed E-state index contributed by atoms with van der Waals surface area (Å²) in [6, 6.07) is 0. The Morgan fingerprint density at radius 2 is 2.00 bits per heavy atom. The lowest BCUT2D eigenvalue weighted by atomic mass is 9.93. The molecule has 0 aliphatic carbocycles. The number of piperidine rings is 1. The Bertz CT molecular complexity index is 244. The first-order valence-corrected chi connectivity index (χ1v) is 4.91. The van der Waals surface area contributed by atoms with Crippen molar-refractivity contribution in [3.8, 4) is 0 Å². The molecular weight excluding hydrogens is 200 g/mol. The fourth-order valence-corrected chi connectivity index (χ4v) is 1.66. The van der Waals surface area contributed by atoms with Crippen molar-refractivity contribution in [3.63, 3.8) is 0 Å². The Morgan fingerprint density at radius 3 is 2.40 bits per heavy atom. The summed E-state index contributed by atoms with van der Waals surface area (Å²) in [7, 11) is 0. The van der Waals surface area contributed by atoms with Crippen molar-refractivity contribution in [2.45, 2.75) is 25.4 Å². The van der Waals surface area contributed by atoms with Gasteiger partial charge in [0.15, 0.2) is 0 Å². The number of carboxylic acid groups (broad SMARTS) is 1. The minimum absolute atomic E-state index is 0.178. The van der Waals surface area contributed by atoms with Crippen molar-refractivity contribution >= 4 is 12.1 Å². The van der Waals surface area contributed by atoms with Crippen LogP contribution < -0.4 is 10.6 Å². The molecule has 0 saturated carbocycles. The average Bonchev–Trinajstić information content (AvgIpc) is 2.48. The number of amides is 1. The Labute approximate surface area is 88.0 Å². The van der Waals surface area contributed by atoms with Crippen LogP contribution in [-0.4, -0.2) is 42.4 Å². The van der Waals surface area contributed by atoms with Gasteiger partial charge in [-0.3, -0.25) is 4.79 Å². The van der Waals surface area contributed by atoms with Crippen molar-refractivity contribution < 1.29 is 19.4 Å². The summed E-state index contributed by atoms with van der Waals surface area (Å²) in [5.74, 6) is -0.833. The minimum atomic E-state index is -0.833. The summed E-state index contributed by atoms with van der Waals surface area (Å²) in [5, 5.41) is 13.3. The molecule has 0 aromatic rings. The lowest BCUT2D eigenvalue weighted by molar-refractivity contribution is -0.134. The molecule has 0 aromatic heterocycles. The SMILES string of the molecule is CC(=O)O.O=C1NCC2(CCNCC2)O1. The summed E-state index contributed by atoms with van der Waals surface area (Å²) in [6.45, 7) is 3.68. The normalized spacial score (nSPS) is 22.3. The van der Waals surface area contributed by atoms with Gasteiger partial charge in [-0.1, -0.05) is 0 Å². The topological polar surface area (TPSA) is 87.7 Å². The first kappa shape index (κ1) is 11.8. The largest absolute Gasteiger partial charge is 0.481 e. The van der Waals surface area contributed by atoms with Crippen LogP contribution in [0.5, 0.6) is 0 Å². The molecule has 0 bridgehead atoms. The molecule has 1 amide bonds. The van der Waals surface area contributed by atoms with Gasteiger partial charge in [-0.05, 0) is 13.1 Å². The zero-order valence-corrected chi connectivity index (χ0v) is 8.71. The summed E-state index contributed by atoms with van der Waals surface area (Å²) in [5.41, 5.74) is -0.178. The second kappa shape index (κ2) is 4.97. The van der Waals surface area contributed by atoms with E-state index in [9.17, 15) is 4.79 Å². The van der Waals surface area contributed by atoms with E-state index in [1.165, 1.54) is 0 Å². The summed E-state index contributed by atoms with van der Waals surface area (Å²) >= 11 is 0. The third-order valence-electron chi connectivity index (χ3n) is 2.38. The van der Waals surface area contributed by atoms with Crippen LogP contribution in [0, 0.1) is 0 Å². The number of hydrogen-bond donors (Lipinski definition) is 3. The van der Waals surface area contributed by atoms with Gasteiger partial charge in [-0.15, -0.1) is 0 Å². The van der Waals surface area contributed by atoms with Gasteiger partial charge in [0.25, 0.3) is 5.97 Å². The van der Waals surface area contributed by atoms with E-state index in [1.807, 2.05) is 0 Å². The molecule has 2 fully saturated rings. The Morgan fingerprint density at radius 1 is 1.47 bits per heavy atom. The molecule has 2 saturated heterocycles. The van der Waals surface area contributed by atoms with Crippen LogP contribution in [0.1, 0.15) is 19.8 Å². The van der Waals surface area contributed by atoms with Crippen LogP contribution in [0.2, 0.25) is 0 Å². The third-order valence-corrected chi connectivity index (χ3v) is 2.38. The van der Waals surface area contributed by atoms with Gasteiger partial charge in [0.05, 0.1) is 6.54 Å². The maximum atomic E-state index is 10.8. The molecule has 6 nitrogen and oxygen atoms in total. The number of carbonyl (C=O) groups is 2. The molecule has 2 aliphatic heterocycles. The summed E-state index contributed by atoms with van der Waals surface area (Å²) in [4.78, 5) is 19.8. The van der Waals surface area contributed by atoms with Crippen molar-refractivity contribution in [1.82, 2.24) is 10.6 Å². The van der Waals surface area contributed by atoms with Gasteiger partial charge < -0.3 is 20.5 Å². The van der Waals surface area contributed by atoms with Crippen molar-refractivity contribution in [1.29, 1.82) is 0 Å². The number of rotatable bonds is 0. The number of hydrogen-bond acceptors (Lipinski definition) is 4. The van der Waals surface area contributed by atoms with E-state index in [1.54, 1.807) is 0 Å². The lowest BCUT2D eigenvalue weighted by Gasteiger charge is -2.30. The van der Waals surface area contributed by atoms with Crippen LogP contribution in [-0.2, 0) is 9.53 Å². The molecule has 0 unspecified atom stereocenters. The predicted molar refractivity (Wildman–Crippen MR) is 52.6 cm³/mol. The monoisotopic (exact) mass is 216 g/mol. The van der Waals surface area contributed by atoms with Crippen molar-refractivity contribution in [2.24, 2.45) is 0 Å².